The molecular weight excluding hydrogens is 572 g/mol. The zero-order valence-corrected chi connectivity index (χ0v) is 22.9. The van der Waals surface area contributed by atoms with Crippen LogP contribution in [0.15, 0.2) is 42.6 Å². The zero-order valence-electron chi connectivity index (χ0n) is 21.3. The molecule has 1 spiro atoms. The minimum absolute atomic E-state index is 0. The van der Waals surface area contributed by atoms with E-state index in [-0.39, 0.29) is 45.9 Å². The Morgan fingerprint density at radius 1 is 1.30 bits per heavy atom. The van der Waals surface area contributed by atoms with Crippen molar-refractivity contribution in [3.63, 3.8) is 0 Å². The zero-order chi connectivity index (χ0) is 27.9. The van der Waals surface area contributed by atoms with Gasteiger partial charge in [-0.2, -0.15) is 23.3 Å². The van der Waals surface area contributed by atoms with Gasteiger partial charge in [-0.25, -0.2) is 9.67 Å². The molecule has 3 aromatic rings. The fourth-order valence-electron chi connectivity index (χ4n) is 5.20. The monoisotopic (exact) mass is 598 g/mol. The second-order valence-electron chi connectivity index (χ2n) is 10.0. The molecule has 2 aromatic heterocycles. The topological polar surface area (TPSA) is 128 Å². The number of alkyl halides is 3. The molecule has 3 atom stereocenters. The third-order valence-corrected chi connectivity index (χ3v) is 7.43. The number of nitrogens with one attached hydrogen (secondary N) is 1. The average Bonchev–Trinajstić information content (AvgIpc) is 3.49. The number of allylic oxidation sites excluding steroid dienone is 2. The molecule has 14 heteroatoms. The van der Waals surface area contributed by atoms with E-state index in [2.05, 4.69) is 20.4 Å². The van der Waals surface area contributed by atoms with E-state index in [1.807, 2.05) is 6.08 Å². The van der Waals surface area contributed by atoms with Gasteiger partial charge in [0.1, 0.15) is 6.04 Å². The maximum Gasteiger partial charge on any atom is 0.429 e. The molecule has 1 aliphatic carbocycles. The van der Waals surface area contributed by atoms with Crippen LogP contribution in [-0.4, -0.2) is 49.6 Å². The van der Waals surface area contributed by atoms with Gasteiger partial charge in [0.2, 0.25) is 17.9 Å². The molecule has 1 aliphatic heterocycles. The number of nitrogen functional groups attached to an aromatic ring is 1. The fraction of sp³-hybridized carbons (Fsp3) is 0.385. The highest BCUT2D eigenvalue weighted by Gasteiger charge is 2.45. The van der Waals surface area contributed by atoms with Crippen LogP contribution >= 0.6 is 24.0 Å². The van der Waals surface area contributed by atoms with Crippen molar-refractivity contribution in [2.75, 3.05) is 12.3 Å². The van der Waals surface area contributed by atoms with Crippen LogP contribution in [0, 0.1) is 12.3 Å². The lowest BCUT2D eigenvalue weighted by Gasteiger charge is -2.31. The highest BCUT2D eigenvalue weighted by Crippen LogP contribution is 2.45. The Morgan fingerprint density at radius 3 is 2.67 bits per heavy atom. The number of anilines is 1. The fourth-order valence-corrected chi connectivity index (χ4v) is 5.36. The van der Waals surface area contributed by atoms with E-state index >= 15 is 0 Å². The Kier molecular flexibility index (Phi) is 8.34. The summed E-state index contributed by atoms with van der Waals surface area (Å²) in [5.74, 6) is -1.43. The molecule has 0 bridgehead atoms. The summed E-state index contributed by atoms with van der Waals surface area (Å²) in [6.45, 7) is 2.31. The number of nitrogens with two attached hydrogens (primary N) is 1. The van der Waals surface area contributed by atoms with E-state index in [0.29, 0.717) is 43.6 Å². The first-order valence-corrected chi connectivity index (χ1v) is 12.7. The molecule has 1 fully saturated rings. The SMILES string of the molecule is Cc1ccn(-c2cc(Cl)ccc2C(Oc2cc(C3=CC[C@@]4(CC3)CN[C@H](C(=O)O)C4)nc(N)n2)C(F)(F)F)n1.Cl. The summed E-state index contributed by atoms with van der Waals surface area (Å²) in [5.41, 5.74) is 7.40. The van der Waals surface area contributed by atoms with Gasteiger partial charge in [0.15, 0.2) is 0 Å². The molecule has 1 saturated heterocycles. The predicted octanol–water partition coefficient (Wildman–Crippen LogP) is 5.31. The van der Waals surface area contributed by atoms with Crippen LogP contribution in [-0.2, 0) is 4.79 Å². The number of aromatic nitrogens is 4. The van der Waals surface area contributed by atoms with Crippen molar-refractivity contribution in [3.05, 3.63) is 64.6 Å². The minimum Gasteiger partial charge on any atom is -0.480 e. The Bertz CT molecular complexity index is 1450. The van der Waals surface area contributed by atoms with Gasteiger partial charge in [-0.1, -0.05) is 23.7 Å². The van der Waals surface area contributed by atoms with Crippen molar-refractivity contribution in [2.24, 2.45) is 5.41 Å². The van der Waals surface area contributed by atoms with E-state index in [0.717, 1.165) is 5.57 Å². The number of carboxylic acid groups (broad SMARTS) is 1. The number of benzene rings is 1. The maximum atomic E-state index is 14.4. The Labute approximate surface area is 239 Å². The summed E-state index contributed by atoms with van der Waals surface area (Å²) in [5, 5.41) is 16.8. The lowest BCUT2D eigenvalue weighted by Crippen LogP contribution is -2.30. The van der Waals surface area contributed by atoms with E-state index in [4.69, 9.17) is 22.1 Å². The molecule has 0 saturated carbocycles. The van der Waals surface area contributed by atoms with Gasteiger partial charge in [0, 0.05) is 29.4 Å². The van der Waals surface area contributed by atoms with E-state index in [1.54, 1.807) is 19.2 Å². The number of ether oxygens (including phenoxy) is 1. The Hall–Kier alpha value is -3.35. The van der Waals surface area contributed by atoms with E-state index in [1.165, 1.54) is 28.9 Å². The number of rotatable bonds is 6. The largest absolute Gasteiger partial charge is 0.480 e. The highest BCUT2D eigenvalue weighted by molar-refractivity contribution is 6.30. The van der Waals surface area contributed by atoms with Gasteiger partial charge >= 0.3 is 12.1 Å². The van der Waals surface area contributed by atoms with Gasteiger partial charge in [0.05, 0.1) is 17.1 Å². The minimum atomic E-state index is -4.81. The summed E-state index contributed by atoms with van der Waals surface area (Å²) < 4.78 is 49.9. The van der Waals surface area contributed by atoms with Crippen molar-refractivity contribution in [1.82, 2.24) is 25.1 Å². The maximum absolute atomic E-state index is 14.4. The van der Waals surface area contributed by atoms with Crippen LogP contribution in [0.1, 0.15) is 48.7 Å². The van der Waals surface area contributed by atoms with Crippen LogP contribution in [0.3, 0.4) is 0 Å². The molecule has 4 N–H and O–H groups in total. The van der Waals surface area contributed by atoms with Gasteiger partial charge < -0.3 is 20.9 Å². The van der Waals surface area contributed by atoms with E-state index < -0.39 is 24.3 Å². The lowest BCUT2D eigenvalue weighted by molar-refractivity contribution is -0.198. The van der Waals surface area contributed by atoms with Crippen molar-refractivity contribution in [3.8, 4) is 11.6 Å². The summed E-state index contributed by atoms with van der Waals surface area (Å²) in [6.07, 6.45) is -1.32. The first kappa shape index (κ1) is 29.6. The number of carbonyl (C=O) groups is 1. The first-order chi connectivity index (χ1) is 18.4. The Balaban J connectivity index is 0.00000370. The van der Waals surface area contributed by atoms with Gasteiger partial charge in [0.25, 0.3) is 0 Å². The van der Waals surface area contributed by atoms with Crippen LogP contribution < -0.4 is 15.8 Å². The molecule has 0 amide bonds. The molecule has 40 heavy (non-hydrogen) atoms. The summed E-state index contributed by atoms with van der Waals surface area (Å²) >= 11 is 6.11. The van der Waals surface area contributed by atoms with Gasteiger partial charge in [-0.3, -0.25) is 4.79 Å². The second-order valence-corrected chi connectivity index (χ2v) is 10.4. The number of carboxylic acids is 1. The van der Waals surface area contributed by atoms with Crippen LogP contribution in [0.25, 0.3) is 11.3 Å². The van der Waals surface area contributed by atoms with Crippen LogP contribution in [0.4, 0.5) is 19.1 Å². The predicted molar refractivity (Wildman–Crippen MR) is 145 cm³/mol. The van der Waals surface area contributed by atoms with Crippen molar-refractivity contribution < 1.29 is 27.8 Å². The van der Waals surface area contributed by atoms with Crippen molar-refractivity contribution in [2.45, 2.75) is 50.9 Å². The van der Waals surface area contributed by atoms with Gasteiger partial charge in [-0.15, -0.1) is 12.4 Å². The van der Waals surface area contributed by atoms with E-state index in [9.17, 15) is 23.1 Å². The number of nitrogens with zero attached hydrogens (tertiary/aromatic N) is 4. The number of hydrogen-bond acceptors (Lipinski definition) is 7. The lowest BCUT2D eigenvalue weighted by atomic mass is 9.73. The van der Waals surface area contributed by atoms with Crippen LogP contribution in [0.5, 0.6) is 5.88 Å². The standard InChI is InChI=1S/C26H26ClF3N6O3.ClH/c1-14-6-9-36(35-14)20-10-16(27)2-3-17(20)22(26(28,29)30)39-21-11-18(33-24(31)34-21)15-4-7-25(8-5-15)12-19(23(37)38)32-13-25;/h2-4,6,9-11,19,22,32H,5,7-8,12-13H2,1H3,(H,37,38)(H2,31,33,34);1H/t19-,22?,25-;/m0./s1. The first-order valence-electron chi connectivity index (χ1n) is 12.3. The quantitative estimate of drug-likeness (QED) is 0.348. The summed E-state index contributed by atoms with van der Waals surface area (Å²) in [4.78, 5) is 19.5. The number of hydrogen-bond donors (Lipinski definition) is 3. The van der Waals surface area contributed by atoms with Crippen molar-refractivity contribution in [1.29, 1.82) is 0 Å². The second kappa shape index (κ2) is 11.3. The molecule has 2 aliphatic rings. The molecule has 9 nitrogen and oxygen atoms in total. The molecule has 0 radical (unpaired) electrons. The normalized spacial score (nSPS) is 21.5. The van der Waals surface area contributed by atoms with Gasteiger partial charge in [-0.05, 0) is 61.8 Å². The molecule has 214 valence electrons. The number of aryl methyl sites for hydroxylation is 1. The number of aliphatic carboxylic acids is 1. The summed E-state index contributed by atoms with van der Waals surface area (Å²) in [6, 6.07) is 6.42. The molecule has 1 unspecified atom stereocenters. The Morgan fingerprint density at radius 2 is 2.08 bits per heavy atom. The highest BCUT2D eigenvalue weighted by atomic mass is 35.5. The molecular formula is C26H27Cl2F3N6O3. The van der Waals surface area contributed by atoms with Crippen LogP contribution in [0.2, 0.25) is 5.02 Å². The van der Waals surface area contributed by atoms with Crippen molar-refractivity contribution >= 4 is 41.5 Å². The molecule has 1 aromatic carbocycles. The third kappa shape index (κ3) is 6.18. The average molecular weight is 599 g/mol. The molecule has 5 rings (SSSR count). The smallest absolute Gasteiger partial charge is 0.429 e. The third-order valence-electron chi connectivity index (χ3n) is 7.19. The molecule has 3 heterocycles. The summed E-state index contributed by atoms with van der Waals surface area (Å²) in [7, 11) is 0. The number of halogens is 5.